The first-order valence-electron chi connectivity index (χ1n) is 9.17. The van der Waals surface area contributed by atoms with E-state index < -0.39 is 12.0 Å². The van der Waals surface area contributed by atoms with Crippen LogP contribution in [0, 0.1) is 11.8 Å². The molecule has 0 aromatic heterocycles. The van der Waals surface area contributed by atoms with Gasteiger partial charge >= 0.3 is 5.97 Å². The summed E-state index contributed by atoms with van der Waals surface area (Å²) >= 11 is 0. The van der Waals surface area contributed by atoms with Crippen LogP contribution in [-0.4, -0.2) is 35.3 Å². The number of ether oxygens (including phenoxy) is 1. The molecule has 1 aliphatic carbocycles. The summed E-state index contributed by atoms with van der Waals surface area (Å²) < 4.78 is 5.30. The van der Waals surface area contributed by atoms with Gasteiger partial charge in [0.1, 0.15) is 6.04 Å². The summed E-state index contributed by atoms with van der Waals surface area (Å²) in [6, 6.07) is 9.16. The van der Waals surface area contributed by atoms with E-state index in [0.29, 0.717) is 6.61 Å². The van der Waals surface area contributed by atoms with E-state index in [1.165, 1.54) is 5.56 Å². The second kappa shape index (κ2) is 7.81. The average molecular weight is 343 g/mol. The monoisotopic (exact) mass is 343 g/mol. The molecule has 3 rings (SSSR count). The van der Waals surface area contributed by atoms with E-state index >= 15 is 0 Å². The molecule has 1 saturated heterocycles. The minimum absolute atomic E-state index is 0.191. The molecule has 1 saturated carbocycles. The van der Waals surface area contributed by atoms with Crippen LogP contribution in [0.1, 0.15) is 44.6 Å². The van der Waals surface area contributed by atoms with Crippen molar-refractivity contribution in [3.05, 3.63) is 35.9 Å². The fourth-order valence-electron chi connectivity index (χ4n) is 3.89. The van der Waals surface area contributed by atoms with Crippen molar-refractivity contribution >= 4 is 17.8 Å². The van der Waals surface area contributed by atoms with E-state index in [9.17, 15) is 14.4 Å². The third-order valence-electron chi connectivity index (χ3n) is 5.30. The molecule has 25 heavy (non-hydrogen) atoms. The van der Waals surface area contributed by atoms with Crippen LogP contribution in [0.3, 0.4) is 0 Å². The summed E-state index contributed by atoms with van der Waals surface area (Å²) in [7, 11) is 0. The third kappa shape index (κ3) is 3.75. The lowest BCUT2D eigenvalue weighted by atomic mass is 9.81. The van der Waals surface area contributed by atoms with Crippen LogP contribution in [0.4, 0.5) is 0 Å². The van der Waals surface area contributed by atoms with Crippen molar-refractivity contribution in [3.63, 3.8) is 0 Å². The highest BCUT2D eigenvalue weighted by molar-refractivity contribution is 6.07. The van der Waals surface area contributed by atoms with Crippen molar-refractivity contribution in [2.75, 3.05) is 6.61 Å². The van der Waals surface area contributed by atoms with Crippen LogP contribution in [0.2, 0.25) is 0 Å². The molecule has 0 bridgehead atoms. The van der Waals surface area contributed by atoms with Crippen LogP contribution in [0.25, 0.3) is 0 Å². The zero-order chi connectivity index (χ0) is 17.8. The largest absolute Gasteiger partial charge is 0.464 e. The quantitative estimate of drug-likeness (QED) is 0.453. The van der Waals surface area contributed by atoms with Crippen LogP contribution < -0.4 is 0 Å². The van der Waals surface area contributed by atoms with Crippen LogP contribution in [0.15, 0.2) is 30.3 Å². The standard InChI is InChI=1S/C20H25NO4/c1-14(20(24)25-13-7-10-15-8-3-2-4-9-15)21-18(22)16-11-5-6-12-17(16)19(21)23/h2-4,8-9,14,16-17H,5-7,10-13H2,1H3. The summed E-state index contributed by atoms with van der Waals surface area (Å²) in [6.45, 7) is 1.88. The van der Waals surface area contributed by atoms with Crippen molar-refractivity contribution < 1.29 is 19.1 Å². The van der Waals surface area contributed by atoms with Gasteiger partial charge in [0.05, 0.1) is 18.4 Å². The Labute approximate surface area is 148 Å². The molecular formula is C20H25NO4. The number of fused-ring (bicyclic) bond motifs is 1. The third-order valence-corrected chi connectivity index (χ3v) is 5.30. The molecule has 3 unspecified atom stereocenters. The second-order valence-corrected chi connectivity index (χ2v) is 6.98. The average Bonchev–Trinajstić information content (AvgIpc) is 2.90. The number of rotatable bonds is 6. The Morgan fingerprint density at radius 1 is 1.12 bits per heavy atom. The summed E-state index contributed by atoms with van der Waals surface area (Å²) in [5, 5.41) is 0. The maximum atomic E-state index is 12.5. The van der Waals surface area contributed by atoms with E-state index in [-0.39, 0.29) is 23.7 Å². The highest BCUT2D eigenvalue weighted by atomic mass is 16.5. The van der Waals surface area contributed by atoms with E-state index in [4.69, 9.17) is 4.74 Å². The predicted octanol–water partition coefficient (Wildman–Crippen LogP) is 2.73. The first-order chi connectivity index (χ1) is 12.1. The molecule has 1 aromatic carbocycles. The molecule has 3 atom stereocenters. The van der Waals surface area contributed by atoms with E-state index in [1.54, 1.807) is 6.92 Å². The maximum absolute atomic E-state index is 12.5. The highest BCUT2D eigenvalue weighted by Crippen LogP contribution is 2.38. The lowest BCUT2D eigenvalue weighted by Gasteiger charge is -2.21. The van der Waals surface area contributed by atoms with Crippen molar-refractivity contribution in [1.29, 1.82) is 0 Å². The number of hydrogen-bond acceptors (Lipinski definition) is 4. The maximum Gasteiger partial charge on any atom is 0.329 e. The molecule has 2 fully saturated rings. The molecule has 2 aliphatic rings. The van der Waals surface area contributed by atoms with Gasteiger partial charge in [0.2, 0.25) is 11.8 Å². The molecule has 134 valence electrons. The van der Waals surface area contributed by atoms with Crippen LogP contribution >= 0.6 is 0 Å². The fraction of sp³-hybridized carbons (Fsp3) is 0.550. The SMILES string of the molecule is CC(C(=O)OCCCc1ccccc1)N1C(=O)C2CCCCC2C1=O. The van der Waals surface area contributed by atoms with Crippen molar-refractivity contribution in [2.24, 2.45) is 11.8 Å². The lowest BCUT2D eigenvalue weighted by Crippen LogP contribution is -2.44. The number of carbonyl (C=O) groups excluding carboxylic acids is 3. The number of imide groups is 1. The topological polar surface area (TPSA) is 63.7 Å². The summed E-state index contributed by atoms with van der Waals surface area (Å²) in [4.78, 5) is 38.4. The van der Waals surface area contributed by atoms with E-state index in [1.807, 2.05) is 30.3 Å². The Kier molecular flexibility index (Phi) is 5.51. The molecule has 1 aromatic rings. The Morgan fingerprint density at radius 3 is 2.32 bits per heavy atom. The Hall–Kier alpha value is -2.17. The number of hydrogen-bond donors (Lipinski definition) is 0. The summed E-state index contributed by atoms with van der Waals surface area (Å²) in [5.41, 5.74) is 1.19. The van der Waals surface area contributed by atoms with Crippen molar-refractivity contribution in [1.82, 2.24) is 4.90 Å². The molecule has 5 heteroatoms. The van der Waals surface area contributed by atoms with Crippen molar-refractivity contribution in [2.45, 2.75) is 51.5 Å². The highest BCUT2D eigenvalue weighted by Gasteiger charge is 2.51. The molecule has 1 aliphatic heterocycles. The number of aryl methyl sites for hydroxylation is 1. The van der Waals surface area contributed by atoms with Gasteiger partial charge in [0.25, 0.3) is 0 Å². The predicted molar refractivity (Wildman–Crippen MR) is 92.5 cm³/mol. The van der Waals surface area contributed by atoms with Gasteiger partial charge in [-0.2, -0.15) is 0 Å². The normalized spacial score (nSPS) is 24.1. The van der Waals surface area contributed by atoms with Gasteiger partial charge in [-0.15, -0.1) is 0 Å². The number of benzene rings is 1. The van der Waals surface area contributed by atoms with Gasteiger partial charge in [0.15, 0.2) is 0 Å². The summed E-state index contributed by atoms with van der Waals surface area (Å²) in [5.74, 6) is -1.33. The smallest absolute Gasteiger partial charge is 0.329 e. The first-order valence-corrected chi connectivity index (χ1v) is 9.17. The first kappa shape index (κ1) is 17.6. The molecule has 5 nitrogen and oxygen atoms in total. The number of nitrogens with zero attached hydrogens (tertiary/aromatic N) is 1. The Balaban J connectivity index is 1.50. The second-order valence-electron chi connectivity index (χ2n) is 6.98. The number of likely N-dealkylation sites (tertiary alicyclic amines) is 1. The van der Waals surface area contributed by atoms with Gasteiger partial charge in [0, 0.05) is 0 Å². The van der Waals surface area contributed by atoms with E-state index in [0.717, 1.165) is 43.4 Å². The van der Waals surface area contributed by atoms with Crippen LogP contribution in [-0.2, 0) is 25.5 Å². The van der Waals surface area contributed by atoms with Gasteiger partial charge in [-0.3, -0.25) is 14.5 Å². The molecule has 1 heterocycles. The minimum atomic E-state index is -0.831. The molecule has 2 amide bonds. The number of esters is 1. The minimum Gasteiger partial charge on any atom is -0.464 e. The lowest BCUT2D eigenvalue weighted by molar-refractivity contribution is -0.158. The molecular weight excluding hydrogens is 318 g/mol. The fourth-order valence-corrected chi connectivity index (χ4v) is 3.89. The Bertz CT molecular complexity index is 618. The van der Waals surface area contributed by atoms with Gasteiger partial charge < -0.3 is 4.74 Å². The van der Waals surface area contributed by atoms with Crippen molar-refractivity contribution in [3.8, 4) is 0 Å². The summed E-state index contributed by atoms with van der Waals surface area (Å²) in [6.07, 6.45) is 5.01. The number of carbonyl (C=O) groups is 3. The molecule has 0 spiro atoms. The number of amides is 2. The van der Waals surface area contributed by atoms with Gasteiger partial charge in [-0.25, -0.2) is 4.79 Å². The van der Waals surface area contributed by atoms with Gasteiger partial charge in [-0.1, -0.05) is 43.2 Å². The zero-order valence-corrected chi connectivity index (χ0v) is 14.6. The van der Waals surface area contributed by atoms with Crippen LogP contribution in [0.5, 0.6) is 0 Å². The molecule has 0 radical (unpaired) electrons. The zero-order valence-electron chi connectivity index (χ0n) is 14.6. The molecule has 0 N–H and O–H groups in total. The van der Waals surface area contributed by atoms with Gasteiger partial charge in [-0.05, 0) is 38.2 Å². The van der Waals surface area contributed by atoms with E-state index in [2.05, 4.69) is 0 Å². The Morgan fingerprint density at radius 2 is 1.72 bits per heavy atom.